The third-order valence-corrected chi connectivity index (χ3v) is 5.45. The van der Waals surface area contributed by atoms with Crippen molar-refractivity contribution in [3.8, 4) is 0 Å². The van der Waals surface area contributed by atoms with Gasteiger partial charge in [-0.3, -0.25) is 14.7 Å². The number of pyridine rings is 1. The summed E-state index contributed by atoms with van der Waals surface area (Å²) in [4.78, 5) is 33.3. The Morgan fingerprint density at radius 3 is 2.54 bits per heavy atom. The molecule has 0 saturated carbocycles. The Bertz CT molecular complexity index is 935. The summed E-state index contributed by atoms with van der Waals surface area (Å²) in [5.41, 5.74) is 4.39. The van der Waals surface area contributed by atoms with E-state index in [1.54, 1.807) is 23.0 Å². The summed E-state index contributed by atoms with van der Waals surface area (Å²) in [6.45, 7) is 5.12. The van der Waals surface area contributed by atoms with Crippen molar-refractivity contribution in [1.29, 1.82) is 0 Å². The number of benzene rings is 1. The summed E-state index contributed by atoms with van der Waals surface area (Å²) in [6, 6.07) is 13.2. The molecule has 0 saturated heterocycles. The first kappa shape index (κ1) is 18.2. The number of hydrogen-bond acceptors (Lipinski definition) is 3. The number of likely N-dealkylation sites (N-methyl/N-ethyl adjacent to an activating group) is 1. The van der Waals surface area contributed by atoms with Gasteiger partial charge in [-0.2, -0.15) is 0 Å². The van der Waals surface area contributed by atoms with Gasteiger partial charge in [0, 0.05) is 13.2 Å². The number of urea groups is 1. The van der Waals surface area contributed by atoms with Crippen molar-refractivity contribution in [2.75, 3.05) is 13.6 Å². The Labute approximate surface area is 164 Å². The largest absolute Gasteiger partial charge is 0.327 e. The van der Waals surface area contributed by atoms with E-state index in [9.17, 15) is 9.59 Å². The van der Waals surface area contributed by atoms with Crippen molar-refractivity contribution in [1.82, 2.24) is 20.1 Å². The minimum absolute atomic E-state index is 0.0505. The lowest BCUT2D eigenvalue weighted by atomic mass is 9.93. The Kier molecular flexibility index (Phi) is 4.63. The van der Waals surface area contributed by atoms with Crippen LogP contribution in [0.3, 0.4) is 0 Å². The average Bonchev–Trinajstić information content (AvgIpc) is 3.02. The highest BCUT2D eigenvalue weighted by molar-refractivity contribution is 6.01. The van der Waals surface area contributed by atoms with Crippen molar-refractivity contribution in [2.45, 2.75) is 32.4 Å². The fourth-order valence-electron chi connectivity index (χ4n) is 3.76. The molecule has 0 bridgehead atoms. The van der Waals surface area contributed by atoms with Crippen molar-refractivity contribution >= 4 is 11.9 Å². The summed E-state index contributed by atoms with van der Waals surface area (Å²) in [5, 5.41) is 2.98. The molecule has 1 unspecified atom stereocenters. The molecule has 6 nitrogen and oxygen atoms in total. The van der Waals surface area contributed by atoms with Crippen LogP contribution in [0.1, 0.15) is 42.6 Å². The number of rotatable bonds is 4. The van der Waals surface area contributed by atoms with E-state index in [1.807, 2.05) is 30.3 Å². The molecule has 3 amide bonds. The first-order chi connectivity index (χ1) is 13.5. The second kappa shape index (κ2) is 7.11. The summed E-state index contributed by atoms with van der Waals surface area (Å²) in [7, 11) is 1.71. The highest BCUT2D eigenvalue weighted by atomic mass is 16.2. The lowest BCUT2D eigenvalue weighted by Crippen LogP contribution is -2.45. The number of amides is 3. The first-order valence-electron chi connectivity index (χ1n) is 9.52. The second-order valence-corrected chi connectivity index (χ2v) is 7.61. The summed E-state index contributed by atoms with van der Waals surface area (Å²) in [5.74, 6) is 0.378. The van der Waals surface area contributed by atoms with Crippen molar-refractivity contribution in [3.63, 3.8) is 0 Å². The average molecular weight is 376 g/mol. The minimum atomic E-state index is -0.429. The topological polar surface area (TPSA) is 65.5 Å². The first-order valence-corrected chi connectivity index (χ1v) is 9.52. The lowest BCUT2D eigenvalue weighted by molar-refractivity contribution is -0.126. The zero-order valence-corrected chi connectivity index (χ0v) is 16.3. The van der Waals surface area contributed by atoms with Crippen molar-refractivity contribution in [2.24, 2.45) is 0 Å². The fourth-order valence-corrected chi connectivity index (χ4v) is 3.76. The predicted molar refractivity (Wildman–Crippen MR) is 106 cm³/mol. The zero-order chi connectivity index (χ0) is 19.8. The van der Waals surface area contributed by atoms with E-state index in [0.717, 1.165) is 17.0 Å². The molecule has 28 heavy (non-hydrogen) atoms. The van der Waals surface area contributed by atoms with E-state index >= 15 is 0 Å². The summed E-state index contributed by atoms with van der Waals surface area (Å²) >= 11 is 0. The van der Waals surface area contributed by atoms with Gasteiger partial charge in [-0.25, -0.2) is 4.79 Å². The van der Waals surface area contributed by atoms with Gasteiger partial charge in [0.1, 0.15) is 0 Å². The number of carbonyl (C=O) groups excluding carboxylic acids is 2. The number of aromatic nitrogens is 1. The van der Waals surface area contributed by atoms with E-state index in [4.69, 9.17) is 0 Å². The molecule has 2 aliphatic rings. The van der Waals surface area contributed by atoms with Gasteiger partial charge in [0.2, 0.25) is 0 Å². The number of nitrogens with zero attached hydrogens (tertiary/aromatic N) is 3. The Balaban J connectivity index is 1.65. The molecule has 3 heterocycles. The van der Waals surface area contributed by atoms with Crippen LogP contribution in [0.5, 0.6) is 0 Å². The second-order valence-electron chi connectivity index (χ2n) is 7.61. The van der Waals surface area contributed by atoms with Gasteiger partial charge in [-0.1, -0.05) is 44.2 Å². The fraction of sp³-hybridized carbons (Fsp3) is 0.318. The normalized spacial score (nSPS) is 19.4. The monoisotopic (exact) mass is 376 g/mol. The lowest BCUT2D eigenvalue weighted by Gasteiger charge is -2.31. The quantitative estimate of drug-likeness (QED) is 0.891. The maximum absolute atomic E-state index is 13.2. The molecule has 144 valence electrons. The van der Waals surface area contributed by atoms with Crippen molar-refractivity contribution < 1.29 is 9.59 Å². The maximum Gasteiger partial charge on any atom is 0.322 e. The highest BCUT2D eigenvalue weighted by Gasteiger charge is 2.42. The molecule has 1 atom stereocenters. The van der Waals surface area contributed by atoms with Gasteiger partial charge in [0.15, 0.2) is 0 Å². The zero-order valence-electron chi connectivity index (χ0n) is 16.3. The molecule has 2 aromatic rings. The SMILES string of the molecule is CC(C)c1ccc(C2NC(=O)N(C)C3=C2C(=O)N(Cc2ccccn2)C3)cc1. The third kappa shape index (κ3) is 3.15. The van der Waals surface area contributed by atoms with E-state index in [-0.39, 0.29) is 11.9 Å². The highest BCUT2D eigenvalue weighted by Crippen LogP contribution is 2.36. The van der Waals surface area contributed by atoms with Gasteiger partial charge < -0.3 is 10.2 Å². The van der Waals surface area contributed by atoms with E-state index in [1.165, 1.54) is 5.56 Å². The number of hydrogen-bond donors (Lipinski definition) is 1. The molecule has 4 rings (SSSR count). The molecule has 2 aliphatic heterocycles. The van der Waals surface area contributed by atoms with Gasteiger partial charge in [-0.05, 0) is 29.2 Å². The molecule has 0 radical (unpaired) electrons. The standard InChI is InChI=1S/C22H24N4O2/c1-14(2)15-7-9-16(10-8-15)20-19-18(25(3)22(28)24-20)13-26(21(19)27)12-17-6-4-5-11-23-17/h4-11,14,20H,12-13H2,1-3H3,(H,24,28). The van der Waals surface area contributed by atoms with Crippen LogP contribution in [0.25, 0.3) is 0 Å². The Morgan fingerprint density at radius 1 is 1.14 bits per heavy atom. The van der Waals surface area contributed by atoms with Crippen molar-refractivity contribution in [3.05, 3.63) is 76.8 Å². The van der Waals surface area contributed by atoms with Gasteiger partial charge in [0.05, 0.1) is 36.1 Å². The van der Waals surface area contributed by atoms with Crippen LogP contribution in [-0.4, -0.2) is 40.3 Å². The third-order valence-electron chi connectivity index (χ3n) is 5.45. The molecule has 6 heteroatoms. The number of nitrogens with one attached hydrogen (secondary N) is 1. The maximum atomic E-state index is 13.2. The van der Waals surface area contributed by atoms with E-state index in [2.05, 4.69) is 36.3 Å². The molecule has 1 aromatic carbocycles. The molecule has 1 aromatic heterocycles. The van der Waals surface area contributed by atoms with Crippen LogP contribution in [0, 0.1) is 0 Å². The van der Waals surface area contributed by atoms with Gasteiger partial charge in [-0.15, -0.1) is 0 Å². The van der Waals surface area contributed by atoms with E-state index < -0.39 is 6.04 Å². The Morgan fingerprint density at radius 2 is 1.89 bits per heavy atom. The molecule has 0 fully saturated rings. The van der Waals surface area contributed by atoms with Crippen LogP contribution < -0.4 is 5.32 Å². The van der Waals surface area contributed by atoms with E-state index in [0.29, 0.717) is 24.6 Å². The number of carbonyl (C=O) groups is 2. The Hall–Kier alpha value is -3.15. The minimum Gasteiger partial charge on any atom is -0.327 e. The van der Waals surface area contributed by atoms with Crippen LogP contribution in [0.4, 0.5) is 4.79 Å². The summed E-state index contributed by atoms with van der Waals surface area (Å²) in [6.07, 6.45) is 1.72. The van der Waals surface area contributed by atoms with Gasteiger partial charge >= 0.3 is 6.03 Å². The van der Waals surface area contributed by atoms with Crippen LogP contribution >= 0.6 is 0 Å². The molecular weight excluding hydrogens is 352 g/mol. The summed E-state index contributed by atoms with van der Waals surface area (Å²) < 4.78 is 0. The van der Waals surface area contributed by atoms with Gasteiger partial charge in [0.25, 0.3) is 5.91 Å². The molecule has 0 spiro atoms. The van der Waals surface area contributed by atoms with Crippen LogP contribution in [0.2, 0.25) is 0 Å². The van der Waals surface area contributed by atoms with Crippen LogP contribution in [-0.2, 0) is 11.3 Å². The predicted octanol–water partition coefficient (Wildman–Crippen LogP) is 3.20. The van der Waals surface area contributed by atoms with Crippen LogP contribution in [0.15, 0.2) is 59.9 Å². The smallest absolute Gasteiger partial charge is 0.322 e. The molecule has 1 N–H and O–H groups in total. The molecular formula is C22H24N4O2. The molecule has 0 aliphatic carbocycles.